The monoisotopic (exact) mass is 243 g/mol. The van der Waals surface area contributed by atoms with Crippen LogP contribution in [0.3, 0.4) is 0 Å². The summed E-state index contributed by atoms with van der Waals surface area (Å²) in [6, 6.07) is 0. The minimum Gasteiger partial charge on any atom is -0.388 e. The van der Waals surface area contributed by atoms with E-state index in [0.717, 1.165) is 0 Å². The van der Waals surface area contributed by atoms with Gasteiger partial charge >= 0.3 is 0 Å². The molecule has 0 rings (SSSR count). The first-order chi connectivity index (χ1) is 6.90. The third-order valence-electron chi connectivity index (χ3n) is 1.61. The van der Waals surface area contributed by atoms with Gasteiger partial charge in [-0.15, -0.1) is 0 Å². The molecule has 5 atom stereocenters. The van der Waals surface area contributed by atoms with Gasteiger partial charge in [0.05, 0.1) is 6.61 Å². The molecular weight excluding hydrogens is 229 g/mol. The van der Waals surface area contributed by atoms with Crippen LogP contribution in [0.4, 0.5) is 0 Å². The molecule has 0 amide bonds. The van der Waals surface area contributed by atoms with Crippen molar-refractivity contribution in [2.24, 2.45) is 5.50 Å². The molecule has 9 heteroatoms. The molecule has 0 heterocycles. The Labute approximate surface area is 86.9 Å². The number of carbonyl (C=O) groups is 1. The number of aliphatic hydroxyl groups excluding tert-OH is 4. The first kappa shape index (κ1) is 14.8. The maximum absolute atomic E-state index is 10.0. The van der Waals surface area contributed by atoms with Crippen LogP contribution in [-0.4, -0.2) is 62.6 Å². The van der Waals surface area contributed by atoms with Crippen molar-refractivity contribution in [1.82, 2.24) is 0 Å². The van der Waals surface area contributed by atoms with Crippen LogP contribution in [0, 0.1) is 0 Å². The van der Waals surface area contributed by atoms with Crippen LogP contribution in [0.2, 0.25) is 0 Å². The van der Waals surface area contributed by atoms with Crippen LogP contribution in [0.5, 0.6) is 0 Å². The van der Waals surface area contributed by atoms with Gasteiger partial charge in [0.15, 0.2) is 6.29 Å². The van der Waals surface area contributed by atoms with Crippen molar-refractivity contribution in [1.29, 1.82) is 0 Å². The molecule has 0 radical (unpaired) electrons. The third kappa shape index (κ3) is 5.45. The Balaban J connectivity index is 4.06. The molecule has 0 fully saturated rings. The highest BCUT2D eigenvalue weighted by Crippen LogP contribution is 2.20. The number of aldehydes is 1. The minimum atomic E-state index is -2.18. The third-order valence-corrected chi connectivity index (χ3v) is 2.02. The van der Waals surface area contributed by atoms with E-state index >= 15 is 0 Å². The Kier molecular flexibility index (Phi) is 7.07. The van der Waals surface area contributed by atoms with E-state index in [0.29, 0.717) is 0 Å². The fourth-order valence-electron chi connectivity index (χ4n) is 0.761. The Hall–Kier alpha value is -0.180. The molecule has 0 saturated carbocycles. The van der Waals surface area contributed by atoms with Crippen molar-refractivity contribution in [3.8, 4) is 0 Å². The van der Waals surface area contributed by atoms with Gasteiger partial charge < -0.3 is 34.6 Å². The number of rotatable bonds is 7. The second-order valence-corrected chi connectivity index (χ2v) is 3.64. The summed E-state index contributed by atoms with van der Waals surface area (Å²) in [5.74, 6) is 0. The zero-order valence-electron chi connectivity index (χ0n) is 7.67. The molecule has 0 aromatic carbocycles. The van der Waals surface area contributed by atoms with Gasteiger partial charge in [0.1, 0.15) is 24.4 Å². The van der Waals surface area contributed by atoms with Crippen LogP contribution in [0.1, 0.15) is 0 Å². The fourth-order valence-corrected chi connectivity index (χ4v) is 1.07. The number of nitrogens with two attached hydrogens (primary N) is 1. The van der Waals surface area contributed by atoms with Crippen LogP contribution >= 0.6 is 8.53 Å². The van der Waals surface area contributed by atoms with E-state index in [9.17, 15) is 9.90 Å². The lowest BCUT2D eigenvalue weighted by molar-refractivity contribution is -0.135. The lowest BCUT2D eigenvalue weighted by Crippen LogP contribution is -2.46. The van der Waals surface area contributed by atoms with E-state index in [-0.39, 0.29) is 6.29 Å². The van der Waals surface area contributed by atoms with Gasteiger partial charge in [0.25, 0.3) is 0 Å². The minimum absolute atomic E-state index is 0.0172. The molecule has 0 aromatic rings. The van der Waals surface area contributed by atoms with E-state index in [4.69, 9.17) is 25.7 Å². The van der Waals surface area contributed by atoms with Crippen molar-refractivity contribution in [2.75, 3.05) is 6.61 Å². The smallest absolute Gasteiger partial charge is 0.250 e. The number of hydrogen-bond acceptors (Lipinski definition) is 8. The SMILES string of the molecule is NP(O)OC[C@@H](O)[C@@H](O)[C@H](O)[C@H](O)C=O. The molecule has 0 bridgehead atoms. The average molecular weight is 243 g/mol. The van der Waals surface area contributed by atoms with E-state index < -0.39 is 39.5 Å². The van der Waals surface area contributed by atoms with E-state index in [1.165, 1.54) is 0 Å². The summed E-state index contributed by atoms with van der Waals surface area (Å²) in [6.07, 6.45) is -6.97. The number of hydrogen-bond donors (Lipinski definition) is 6. The summed E-state index contributed by atoms with van der Waals surface area (Å²) in [5.41, 5.74) is 4.84. The van der Waals surface area contributed by atoms with Crippen molar-refractivity contribution >= 4 is 14.8 Å². The molecule has 0 aliphatic rings. The standard InChI is InChI=1S/C6H14NO7P/c7-15(13)14-2-4(10)6(12)5(11)3(9)1-8/h1,3-6,9-13H,2,7H2/t3-,4-,5-,6-,15?/m1/s1. The zero-order valence-corrected chi connectivity index (χ0v) is 8.57. The van der Waals surface area contributed by atoms with Crippen molar-refractivity contribution < 1.29 is 34.6 Å². The zero-order chi connectivity index (χ0) is 12.0. The second-order valence-electron chi connectivity index (χ2n) is 2.77. The fraction of sp³-hybridized carbons (Fsp3) is 0.833. The molecule has 15 heavy (non-hydrogen) atoms. The molecular formula is C6H14NO7P. The van der Waals surface area contributed by atoms with Crippen molar-refractivity contribution in [2.45, 2.75) is 24.4 Å². The molecule has 0 aliphatic heterocycles. The number of aliphatic hydroxyl groups is 4. The maximum atomic E-state index is 10.0. The molecule has 1 unspecified atom stereocenters. The first-order valence-corrected chi connectivity index (χ1v) is 5.22. The highest BCUT2D eigenvalue weighted by atomic mass is 31.2. The van der Waals surface area contributed by atoms with Gasteiger partial charge in [-0.2, -0.15) is 0 Å². The molecule has 0 aromatic heterocycles. The van der Waals surface area contributed by atoms with E-state index in [2.05, 4.69) is 4.52 Å². The first-order valence-electron chi connectivity index (χ1n) is 3.94. The van der Waals surface area contributed by atoms with Gasteiger partial charge in [-0.05, 0) is 0 Å². The van der Waals surface area contributed by atoms with Gasteiger partial charge in [-0.25, -0.2) is 0 Å². The van der Waals surface area contributed by atoms with Crippen LogP contribution in [0.25, 0.3) is 0 Å². The van der Waals surface area contributed by atoms with Crippen LogP contribution in [0.15, 0.2) is 0 Å². The Morgan fingerprint density at radius 3 is 2.20 bits per heavy atom. The van der Waals surface area contributed by atoms with Crippen molar-refractivity contribution in [3.63, 3.8) is 0 Å². The Bertz CT molecular complexity index is 192. The highest BCUT2D eigenvalue weighted by molar-refractivity contribution is 7.43. The summed E-state index contributed by atoms with van der Waals surface area (Å²) < 4.78 is 4.40. The maximum Gasteiger partial charge on any atom is 0.250 e. The Morgan fingerprint density at radius 2 is 1.80 bits per heavy atom. The summed E-state index contributed by atoms with van der Waals surface area (Å²) >= 11 is 0. The van der Waals surface area contributed by atoms with Crippen LogP contribution in [-0.2, 0) is 9.32 Å². The van der Waals surface area contributed by atoms with Gasteiger partial charge in [0, 0.05) is 0 Å². The van der Waals surface area contributed by atoms with Crippen LogP contribution < -0.4 is 5.50 Å². The Morgan fingerprint density at radius 1 is 1.27 bits per heavy atom. The molecule has 90 valence electrons. The lowest BCUT2D eigenvalue weighted by atomic mass is 10.0. The lowest BCUT2D eigenvalue weighted by Gasteiger charge is -2.24. The highest BCUT2D eigenvalue weighted by Gasteiger charge is 2.30. The normalized spacial score (nSPS) is 21.5. The van der Waals surface area contributed by atoms with Gasteiger partial charge in [-0.1, -0.05) is 0 Å². The summed E-state index contributed by atoms with van der Waals surface area (Å²) in [6.45, 7) is -0.525. The quantitative estimate of drug-likeness (QED) is 0.202. The molecule has 0 aliphatic carbocycles. The molecule has 8 nitrogen and oxygen atoms in total. The molecule has 0 spiro atoms. The van der Waals surface area contributed by atoms with E-state index in [1.54, 1.807) is 0 Å². The molecule has 0 saturated heterocycles. The summed E-state index contributed by atoms with van der Waals surface area (Å²) in [4.78, 5) is 18.6. The number of carbonyl (C=O) groups excluding carboxylic acids is 1. The van der Waals surface area contributed by atoms with Gasteiger partial charge in [0.2, 0.25) is 8.53 Å². The van der Waals surface area contributed by atoms with Gasteiger partial charge in [-0.3, -0.25) is 5.50 Å². The predicted molar refractivity (Wildman–Crippen MR) is 49.4 cm³/mol. The van der Waals surface area contributed by atoms with Crippen molar-refractivity contribution in [3.05, 3.63) is 0 Å². The summed E-state index contributed by atoms with van der Waals surface area (Å²) in [5, 5.41) is 36.3. The average Bonchev–Trinajstić information content (AvgIpc) is 2.22. The predicted octanol–water partition coefficient (Wildman–Crippen LogP) is -3.18. The second kappa shape index (κ2) is 7.15. The molecule has 7 N–H and O–H groups in total. The topological polar surface area (TPSA) is 153 Å². The van der Waals surface area contributed by atoms with E-state index in [1.807, 2.05) is 0 Å². The summed E-state index contributed by atoms with van der Waals surface area (Å²) in [7, 11) is -2.18. The largest absolute Gasteiger partial charge is 0.388 e.